The van der Waals surface area contributed by atoms with E-state index in [4.69, 9.17) is 5.11 Å². The Balaban J connectivity index is 3.21. The minimum atomic E-state index is -0.444. The van der Waals surface area contributed by atoms with E-state index >= 15 is 0 Å². The summed E-state index contributed by atoms with van der Waals surface area (Å²) in [5.74, 6) is -0.530. The molecule has 0 atom stereocenters. The average molecular weight is 155 g/mol. The van der Waals surface area contributed by atoms with Gasteiger partial charge in [0.15, 0.2) is 0 Å². The van der Waals surface area contributed by atoms with Crippen molar-refractivity contribution < 1.29 is 9.50 Å². The normalized spacial score (nSPS) is 10.5. The van der Waals surface area contributed by atoms with Crippen LogP contribution in [-0.4, -0.2) is 10.1 Å². The van der Waals surface area contributed by atoms with Gasteiger partial charge in [-0.2, -0.15) is 0 Å². The molecule has 1 aromatic rings. The van der Waals surface area contributed by atoms with Crippen LogP contribution in [0.4, 0.5) is 4.39 Å². The van der Waals surface area contributed by atoms with Crippen molar-refractivity contribution in [1.82, 2.24) is 4.98 Å². The van der Waals surface area contributed by atoms with Gasteiger partial charge in [-0.15, -0.1) is 0 Å². The summed E-state index contributed by atoms with van der Waals surface area (Å²) >= 11 is 0. The fourth-order valence-corrected chi connectivity index (χ4v) is 1.01. The van der Waals surface area contributed by atoms with Crippen molar-refractivity contribution in [3.8, 4) is 5.75 Å². The molecule has 0 aliphatic heterocycles. The van der Waals surface area contributed by atoms with Gasteiger partial charge in [0, 0.05) is 5.56 Å². The Morgan fingerprint density at radius 2 is 2.09 bits per heavy atom. The van der Waals surface area contributed by atoms with Gasteiger partial charge in [0.2, 0.25) is 0 Å². The first-order valence-electron chi connectivity index (χ1n) is 3.45. The van der Waals surface area contributed by atoms with Crippen LogP contribution in [0, 0.1) is 5.82 Å². The highest BCUT2D eigenvalue weighted by Gasteiger charge is 2.11. The molecule has 0 radical (unpaired) electrons. The number of nitrogens with zero attached hydrogens (tertiary/aromatic N) is 1. The third-order valence-electron chi connectivity index (χ3n) is 1.50. The third-order valence-corrected chi connectivity index (χ3v) is 1.50. The monoisotopic (exact) mass is 155 g/mol. The van der Waals surface area contributed by atoms with Crippen molar-refractivity contribution in [2.75, 3.05) is 0 Å². The van der Waals surface area contributed by atoms with Crippen LogP contribution < -0.4 is 0 Å². The molecule has 2 nitrogen and oxygen atoms in total. The quantitative estimate of drug-likeness (QED) is 0.673. The summed E-state index contributed by atoms with van der Waals surface area (Å²) in [6.07, 6.45) is 2.35. The SMILES string of the molecule is CC(C)c1c(O)cncc1F. The Labute approximate surface area is 64.7 Å². The van der Waals surface area contributed by atoms with Crippen molar-refractivity contribution in [2.24, 2.45) is 0 Å². The molecule has 1 rings (SSSR count). The second kappa shape index (κ2) is 2.86. The second-order valence-electron chi connectivity index (χ2n) is 2.71. The van der Waals surface area contributed by atoms with Gasteiger partial charge in [-0.1, -0.05) is 13.8 Å². The van der Waals surface area contributed by atoms with Gasteiger partial charge < -0.3 is 5.11 Å². The van der Waals surface area contributed by atoms with E-state index in [-0.39, 0.29) is 11.7 Å². The predicted octanol–water partition coefficient (Wildman–Crippen LogP) is 2.05. The number of aromatic nitrogens is 1. The topological polar surface area (TPSA) is 33.1 Å². The first-order valence-corrected chi connectivity index (χ1v) is 3.45. The van der Waals surface area contributed by atoms with E-state index in [2.05, 4.69) is 4.98 Å². The van der Waals surface area contributed by atoms with Crippen LogP contribution in [0.15, 0.2) is 12.4 Å². The molecule has 0 unspecified atom stereocenters. The largest absolute Gasteiger partial charge is 0.506 e. The molecule has 1 aromatic heterocycles. The lowest BCUT2D eigenvalue weighted by atomic mass is 10.0. The lowest BCUT2D eigenvalue weighted by Crippen LogP contribution is -1.94. The molecule has 1 heterocycles. The molecule has 0 bridgehead atoms. The number of aromatic hydroxyl groups is 1. The number of pyridine rings is 1. The highest BCUT2D eigenvalue weighted by atomic mass is 19.1. The summed E-state index contributed by atoms with van der Waals surface area (Å²) in [6.45, 7) is 3.64. The summed E-state index contributed by atoms with van der Waals surface area (Å²) in [6, 6.07) is 0. The van der Waals surface area contributed by atoms with E-state index in [0.29, 0.717) is 5.56 Å². The smallest absolute Gasteiger partial charge is 0.148 e. The van der Waals surface area contributed by atoms with Gasteiger partial charge in [-0.3, -0.25) is 4.98 Å². The van der Waals surface area contributed by atoms with Crippen molar-refractivity contribution in [3.05, 3.63) is 23.8 Å². The fraction of sp³-hybridized carbons (Fsp3) is 0.375. The minimum absolute atomic E-state index is 0.0157. The van der Waals surface area contributed by atoms with Crippen LogP contribution in [0.25, 0.3) is 0 Å². The Kier molecular flexibility index (Phi) is 2.08. The molecule has 0 aliphatic rings. The summed E-state index contributed by atoms with van der Waals surface area (Å²) in [4.78, 5) is 3.50. The summed E-state index contributed by atoms with van der Waals surface area (Å²) in [7, 11) is 0. The highest BCUT2D eigenvalue weighted by molar-refractivity contribution is 5.32. The highest BCUT2D eigenvalue weighted by Crippen LogP contribution is 2.26. The summed E-state index contributed by atoms with van der Waals surface area (Å²) in [5.41, 5.74) is 0.333. The van der Waals surface area contributed by atoms with Crippen LogP contribution >= 0.6 is 0 Å². The summed E-state index contributed by atoms with van der Waals surface area (Å²) < 4.78 is 12.9. The first kappa shape index (κ1) is 7.98. The van der Waals surface area contributed by atoms with Gasteiger partial charge >= 0.3 is 0 Å². The van der Waals surface area contributed by atoms with E-state index in [1.54, 1.807) is 0 Å². The maximum atomic E-state index is 12.9. The number of halogens is 1. The molecule has 0 aliphatic carbocycles. The van der Waals surface area contributed by atoms with E-state index < -0.39 is 5.82 Å². The van der Waals surface area contributed by atoms with Crippen molar-refractivity contribution in [1.29, 1.82) is 0 Å². The molecule has 11 heavy (non-hydrogen) atoms. The molecule has 1 N–H and O–H groups in total. The summed E-state index contributed by atoms with van der Waals surface area (Å²) in [5, 5.41) is 9.16. The van der Waals surface area contributed by atoms with E-state index in [9.17, 15) is 4.39 Å². The maximum Gasteiger partial charge on any atom is 0.148 e. The molecular formula is C8H10FNO. The Bertz CT molecular complexity index is 240. The molecule has 0 aromatic carbocycles. The van der Waals surface area contributed by atoms with Crippen molar-refractivity contribution >= 4 is 0 Å². The predicted molar refractivity (Wildman–Crippen MR) is 39.9 cm³/mol. The molecule has 0 fully saturated rings. The van der Waals surface area contributed by atoms with Crippen LogP contribution in [0.3, 0.4) is 0 Å². The van der Waals surface area contributed by atoms with Gasteiger partial charge in [0.1, 0.15) is 11.6 Å². The Morgan fingerprint density at radius 3 is 2.45 bits per heavy atom. The number of rotatable bonds is 1. The molecule has 0 saturated heterocycles. The first-order chi connectivity index (χ1) is 5.13. The zero-order chi connectivity index (χ0) is 8.43. The zero-order valence-electron chi connectivity index (χ0n) is 6.50. The average Bonchev–Trinajstić information content (AvgIpc) is 1.85. The van der Waals surface area contributed by atoms with Crippen LogP contribution in [0.2, 0.25) is 0 Å². The number of hydrogen-bond acceptors (Lipinski definition) is 2. The molecule has 0 saturated carbocycles. The van der Waals surface area contributed by atoms with Crippen molar-refractivity contribution in [3.63, 3.8) is 0 Å². The third kappa shape index (κ3) is 1.48. The molecule has 0 amide bonds. The fourth-order valence-electron chi connectivity index (χ4n) is 1.01. The Morgan fingerprint density at radius 1 is 1.45 bits per heavy atom. The molecular weight excluding hydrogens is 145 g/mol. The molecule has 3 heteroatoms. The van der Waals surface area contributed by atoms with E-state index in [1.165, 1.54) is 6.20 Å². The van der Waals surface area contributed by atoms with Crippen LogP contribution in [0.5, 0.6) is 5.75 Å². The maximum absolute atomic E-state index is 12.9. The second-order valence-corrected chi connectivity index (χ2v) is 2.71. The van der Waals surface area contributed by atoms with Gasteiger partial charge in [0.25, 0.3) is 0 Å². The molecule has 0 spiro atoms. The molecule has 60 valence electrons. The van der Waals surface area contributed by atoms with E-state index in [0.717, 1.165) is 6.20 Å². The van der Waals surface area contributed by atoms with Gasteiger partial charge in [-0.25, -0.2) is 4.39 Å². The van der Waals surface area contributed by atoms with Crippen molar-refractivity contribution in [2.45, 2.75) is 19.8 Å². The van der Waals surface area contributed by atoms with Gasteiger partial charge in [-0.05, 0) is 5.92 Å². The van der Waals surface area contributed by atoms with E-state index in [1.807, 2.05) is 13.8 Å². The van der Waals surface area contributed by atoms with Crippen LogP contribution in [0.1, 0.15) is 25.3 Å². The minimum Gasteiger partial charge on any atom is -0.506 e. The zero-order valence-corrected chi connectivity index (χ0v) is 6.50. The standard InChI is InChI=1S/C8H10FNO/c1-5(2)8-6(9)3-10-4-7(8)11/h3-5,11H,1-2H3. The number of hydrogen-bond donors (Lipinski definition) is 1. The van der Waals surface area contributed by atoms with Crippen LogP contribution in [-0.2, 0) is 0 Å². The lowest BCUT2D eigenvalue weighted by molar-refractivity contribution is 0.449. The Hall–Kier alpha value is -1.12. The lowest BCUT2D eigenvalue weighted by Gasteiger charge is -2.07. The van der Waals surface area contributed by atoms with Gasteiger partial charge in [0.05, 0.1) is 12.4 Å².